The summed E-state index contributed by atoms with van der Waals surface area (Å²) in [6, 6.07) is 0. The predicted octanol–water partition coefficient (Wildman–Crippen LogP) is 3.31. The largest absolute Gasteiger partial charge is 0.323 e. The van der Waals surface area contributed by atoms with Gasteiger partial charge in [-0.3, -0.25) is 0 Å². The fourth-order valence-electron chi connectivity index (χ4n) is 0.888. The molecule has 7 heteroatoms. The highest BCUT2D eigenvalue weighted by atomic mass is 19.3. The first-order chi connectivity index (χ1) is 5.70. The molecule has 1 radical (unpaired) electrons. The van der Waals surface area contributed by atoms with E-state index in [0.29, 0.717) is 0 Å². The molecule has 0 bridgehead atoms. The highest BCUT2D eigenvalue weighted by molar-refractivity contribution is 5.36. The summed E-state index contributed by atoms with van der Waals surface area (Å²) in [6.45, 7) is 0. The first kappa shape index (κ1) is 10.3. The molecule has 1 aliphatic carbocycles. The van der Waals surface area contributed by atoms with E-state index >= 15 is 0 Å². The molecule has 1 fully saturated rings. The lowest BCUT2D eigenvalue weighted by Gasteiger charge is -2.41. The standard InChI is InChI=1S/C6H2F7/c7-3(4(8)9)2-1-5(10,11)6(2,12)13/h1H2. The second-order valence-electron chi connectivity index (χ2n) is 2.51. The molecule has 0 heterocycles. The zero-order valence-corrected chi connectivity index (χ0v) is 5.85. The van der Waals surface area contributed by atoms with Crippen LogP contribution in [0.2, 0.25) is 0 Å². The number of alkyl halides is 4. The van der Waals surface area contributed by atoms with Gasteiger partial charge in [0, 0.05) is 6.42 Å². The minimum absolute atomic E-state index is 1.66. The Bertz CT molecular complexity index is 250. The Morgan fingerprint density at radius 2 is 1.46 bits per heavy atom. The summed E-state index contributed by atoms with van der Waals surface area (Å²) in [5.74, 6) is -13.6. The Labute approximate surface area is 68.0 Å². The molecular weight excluding hydrogens is 205 g/mol. The molecule has 0 spiro atoms. The van der Waals surface area contributed by atoms with Crippen LogP contribution in [-0.2, 0) is 0 Å². The maximum absolute atomic E-state index is 12.2. The third kappa shape index (κ3) is 1.30. The zero-order valence-electron chi connectivity index (χ0n) is 5.85. The number of rotatable bonds is 1. The number of hydrogen-bond donors (Lipinski definition) is 0. The lowest BCUT2D eigenvalue weighted by Crippen LogP contribution is -2.57. The summed E-state index contributed by atoms with van der Waals surface area (Å²) in [6.07, 6.45) is -4.67. The van der Waals surface area contributed by atoms with E-state index in [0.717, 1.165) is 0 Å². The quantitative estimate of drug-likeness (QED) is 0.578. The van der Waals surface area contributed by atoms with Crippen molar-refractivity contribution in [2.75, 3.05) is 0 Å². The van der Waals surface area contributed by atoms with Crippen LogP contribution in [0.15, 0.2) is 11.9 Å². The SMILES string of the molecule is FC(F)=C(F)[C]1CC(F)(F)C1(F)F. The number of allylic oxidation sites excluding steroid dienone is 1. The molecule has 0 aliphatic heterocycles. The highest BCUT2D eigenvalue weighted by Crippen LogP contribution is 2.60. The van der Waals surface area contributed by atoms with E-state index < -0.39 is 36.1 Å². The van der Waals surface area contributed by atoms with Crippen LogP contribution in [0.3, 0.4) is 0 Å². The lowest BCUT2D eigenvalue weighted by atomic mass is 9.76. The summed E-state index contributed by atoms with van der Waals surface area (Å²) in [5, 5.41) is 0. The first-order valence-electron chi connectivity index (χ1n) is 3.03. The summed E-state index contributed by atoms with van der Waals surface area (Å²) in [5.41, 5.74) is 0. The first-order valence-corrected chi connectivity index (χ1v) is 3.03. The second kappa shape index (κ2) is 2.62. The smallest absolute Gasteiger partial charge is 0.205 e. The monoisotopic (exact) mass is 207 g/mol. The molecule has 0 nitrogen and oxygen atoms in total. The van der Waals surface area contributed by atoms with E-state index in [2.05, 4.69) is 0 Å². The average molecular weight is 207 g/mol. The molecule has 1 rings (SSSR count). The van der Waals surface area contributed by atoms with Gasteiger partial charge < -0.3 is 0 Å². The van der Waals surface area contributed by atoms with Gasteiger partial charge in [0.05, 0.1) is 0 Å². The van der Waals surface area contributed by atoms with Gasteiger partial charge in [-0.2, -0.15) is 26.3 Å². The molecule has 0 amide bonds. The van der Waals surface area contributed by atoms with E-state index in [1.165, 1.54) is 0 Å². The second-order valence-corrected chi connectivity index (χ2v) is 2.51. The van der Waals surface area contributed by atoms with Crippen molar-refractivity contribution in [2.24, 2.45) is 0 Å². The fourth-order valence-corrected chi connectivity index (χ4v) is 0.888. The van der Waals surface area contributed by atoms with E-state index in [9.17, 15) is 30.7 Å². The topological polar surface area (TPSA) is 0 Å². The molecule has 0 unspecified atom stereocenters. The maximum atomic E-state index is 12.2. The zero-order chi connectivity index (χ0) is 10.4. The van der Waals surface area contributed by atoms with E-state index in [4.69, 9.17) is 0 Å². The van der Waals surface area contributed by atoms with Gasteiger partial charge in [-0.15, -0.1) is 0 Å². The minimum atomic E-state index is -4.79. The van der Waals surface area contributed by atoms with Gasteiger partial charge in [0.15, 0.2) is 5.83 Å². The highest BCUT2D eigenvalue weighted by Gasteiger charge is 2.74. The van der Waals surface area contributed by atoms with Crippen molar-refractivity contribution < 1.29 is 30.7 Å². The van der Waals surface area contributed by atoms with Gasteiger partial charge in [0.25, 0.3) is 0 Å². The molecule has 13 heavy (non-hydrogen) atoms. The van der Waals surface area contributed by atoms with Crippen LogP contribution < -0.4 is 0 Å². The molecule has 0 saturated heterocycles. The van der Waals surface area contributed by atoms with Crippen molar-refractivity contribution in [3.8, 4) is 0 Å². The van der Waals surface area contributed by atoms with Crippen LogP contribution in [0.5, 0.6) is 0 Å². The van der Waals surface area contributed by atoms with Gasteiger partial charge in [-0.05, 0) is 0 Å². The van der Waals surface area contributed by atoms with Crippen LogP contribution in [0.4, 0.5) is 30.7 Å². The summed E-state index contributed by atoms with van der Waals surface area (Å²) >= 11 is 0. The molecule has 0 aromatic heterocycles. The number of hydrogen-bond acceptors (Lipinski definition) is 0. The minimum Gasteiger partial charge on any atom is -0.205 e. The Hall–Kier alpha value is -0.750. The van der Waals surface area contributed by atoms with Crippen molar-refractivity contribution in [2.45, 2.75) is 18.3 Å². The Balaban J connectivity index is 2.87. The van der Waals surface area contributed by atoms with E-state index in [1.807, 2.05) is 0 Å². The number of halogens is 7. The Morgan fingerprint density at radius 1 is 1.00 bits per heavy atom. The van der Waals surface area contributed by atoms with Gasteiger partial charge >= 0.3 is 17.9 Å². The Kier molecular flexibility index (Phi) is 2.08. The predicted molar refractivity (Wildman–Crippen MR) is 28.1 cm³/mol. The Morgan fingerprint density at radius 3 is 1.69 bits per heavy atom. The van der Waals surface area contributed by atoms with Gasteiger partial charge in [-0.1, -0.05) is 0 Å². The summed E-state index contributed by atoms with van der Waals surface area (Å²) in [7, 11) is 0. The van der Waals surface area contributed by atoms with Gasteiger partial charge in [0.1, 0.15) is 5.92 Å². The molecule has 1 aliphatic rings. The molecule has 75 valence electrons. The van der Waals surface area contributed by atoms with Crippen LogP contribution in [0, 0.1) is 5.92 Å². The maximum Gasteiger partial charge on any atom is 0.323 e. The van der Waals surface area contributed by atoms with Crippen molar-refractivity contribution in [1.29, 1.82) is 0 Å². The fraction of sp³-hybridized carbons (Fsp3) is 0.500. The van der Waals surface area contributed by atoms with Crippen LogP contribution in [0.25, 0.3) is 0 Å². The lowest BCUT2D eigenvalue weighted by molar-refractivity contribution is -0.252. The third-order valence-electron chi connectivity index (χ3n) is 1.67. The summed E-state index contributed by atoms with van der Waals surface area (Å²) < 4.78 is 83.3. The van der Waals surface area contributed by atoms with Crippen molar-refractivity contribution in [3.63, 3.8) is 0 Å². The van der Waals surface area contributed by atoms with Crippen LogP contribution >= 0.6 is 0 Å². The van der Waals surface area contributed by atoms with Gasteiger partial charge in [0.2, 0.25) is 0 Å². The van der Waals surface area contributed by atoms with E-state index in [-0.39, 0.29) is 0 Å². The van der Waals surface area contributed by atoms with Crippen molar-refractivity contribution in [1.82, 2.24) is 0 Å². The molecular formula is C6H2F7. The molecule has 1 saturated carbocycles. The van der Waals surface area contributed by atoms with Crippen molar-refractivity contribution >= 4 is 0 Å². The van der Waals surface area contributed by atoms with Crippen LogP contribution in [-0.4, -0.2) is 11.8 Å². The van der Waals surface area contributed by atoms with Crippen molar-refractivity contribution in [3.05, 3.63) is 17.8 Å². The average Bonchev–Trinajstić information content (AvgIpc) is 1.98. The van der Waals surface area contributed by atoms with Crippen LogP contribution in [0.1, 0.15) is 6.42 Å². The summed E-state index contributed by atoms with van der Waals surface area (Å²) in [4.78, 5) is 0. The van der Waals surface area contributed by atoms with E-state index in [1.54, 1.807) is 0 Å². The normalized spacial score (nSPS) is 25.2. The third-order valence-corrected chi connectivity index (χ3v) is 1.67. The van der Waals surface area contributed by atoms with Gasteiger partial charge in [-0.25, -0.2) is 4.39 Å². The molecule has 0 atom stereocenters. The molecule has 0 aromatic carbocycles. The molecule has 0 aromatic rings. The molecule has 0 N–H and O–H groups in total.